The number of benzene rings is 1. The Balaban J connectivity index is 1.74. The lowest BCUT2D eigenvalue weighted by atomic mass is 9.96. The van der Waals surface area contributed by atoms with Gasteiger partial charge in [0.1, 0.15) is 5.76 Å². The molecule has 0 radical (unpaired) electrons. The van der Waals surface area contributed by atoms with Crippen molar-refractivity contribution < 1.29 is 9.90 Å². The summed E-state index contributed by atoms with van der Waals surface area (Å²) in [5.74, 6) is -0.570. The van der Waals surface area contributed by atoms with Crippen LogP contribution < -0.4 is 5.32 Å². The Kier molecular flexibility index (Phi) is 6.29. The Morgan fingerprint density at radius 3 is 2.52 bits per heavy atom. The van der Waals surface area contributed by atoms with E-state index in [4.69, 9.17) is 0 Å². The fraction of sp³-hybridized carbons (Fsp3) is 0.471. The molecule has 0 atom stereocenters. The number of likely N-dealkylation sites (tertiary alicyclic amines) is 1. The highest BCUT2D eigenvalue weighted by Gasteiger charge is 2.21. The van der Waals surface area contributed by atoms with Gasteiger partial charge in [0.15, 0.2) is 0 Å². The molecule has 1 aromatic carbocycles. The summed E-state index contributed by atoms with van der Waals surface area (Å²) in [7, 11) is 0. The van der Waals surface area contributed by atoms with Gasteiger partial charge in [0, 0.05) is 13.1 Å². The van der Waals surface area contributed by atoms with E-state index >= 15 is 0 Å². The third-order valence-corrected chi connectivity index (χ3v) is 4.16. The number of carbonyl (C=O) groups excluding carboxylic acids is 1. The highest BCUT2D eigenvalue weighted by molar-refractivity contribution is 5.93. The summed E-state index contributed by atoms with van der Waals surface area (Å²) in [6.07, 6.45) is 2.00. The van der Waals surface area contributed by atoms with Gasteiger partial charge in [-0.3, -0.25) is 9.69 Å². The number of hydrogen-bond donors (Lipinski definition) is 2. The lowest BCUT2D eigenvalue weighted by molar-refractivity contribution is -0.118. The fourth-order valence-corrected chi connectivity index (χ4v) is 2.78. The van der Waals surface area contributed by atoms with Crippen molar-refractivity contribution in [2.24, 2.45) is 11.1 Å². The largest absolute Gasteiger partial charge is 0.510 e. The molecule has 0 spiro atoms. The van der Waals surface area contributed by atoms with E-state index in [0.717, 1.165) is 32.5 Å². The van der Waals surface area contributed by atoms with Crippen LogP contribution in [0.15, 0.2) is 47.0 Å². The van der Waals surface area contributed by atoms with E-state index in [1.807, 2.05) is 18.2 Å². The zero-order valence-corrected chi connectivity index (χ0v) is 13.4. The standard InChI is InChI=1S/C17H23N3O3/c1-13(21)16(19-23)17(22)18-11-14-7-9-20(10-8-14)12-15-5-3-2-4-6-15/h2-6,14,21H,7-12H2,1H3,(H,18,22)/b16-13-. The van der Waals surface area contributed by atoms with Gasteiger partial charge in [-0.15, -0.1) is 4.91 Å². The maximum atomic E-state index is 11.7. The van der Waals surface area contributed by atoms with E-state index in [1.54, 1.807) is 0 Å². The summed E-state index contributed by atoms with van der Waals surface area (Å²) >= 11 is 0. The maximum Gasteiger partial charge on any atom is 0.277 e. The number of nitrogens with zero attached hydrogens (tertiary/aromatic N) is 2. The number of piperidine rings is 1. The molecule has 23 heavy (non-hydrogen) atoms. The number of hydrogen-bond acceptors (Lipinski definition) is 5. The van der Waals surface area contributed by atoms with Crippen LogP contribution >= 0.6 is 0 Å². The molecule has 2 N–H and O–H groups in total. The van der Waals surface area contributed by atoms with Gasteiger partial charge in [-0.05, 0) is 49.5 Å². The highest BCUT2D eigenvalue weighted by atomic mass is 16.3. The first-order valence-corrected chi connectivity index (χ1v) is 7.88. The monoisotopic (exact) mass is 317 g/mol. The molecule has 6 nitrogen and oxygen atoms in total. The number of aliphatic hydroxyl groups excluding tert-OH is 1. The minimum atomic E-state index is -0.605. The quantitative estimate of drug-likeness (QED) is 0.480. The Bertz CT molecular complexity index is 560. The second-order valence-corrected chi connectivity index (χ2v) is 5.94. The van der Waals surface area contributed by atoms with E-state index in [9.17, 15) is 14.8 Å². The van der Waals surface area contributed by atoms with Gasteiger partial charge in [-0.25, -0.2) is 0 Å². The molecular formula is C17H23N3O3. The number of nitrogens with one attached hydrogen (secondary N) is 1. The molecule has 124 valence electrons. The molecule has 1 aliphatic heterocycles. The molecule has 6 heteroatoms. The predicted octanol–water partition coefficient (Wildman–Crippen LogP) is 2.57. The summed E-state index contributed by atoms with van der Waals surface area (Å²) in [5.41, 5.74) is 0.871. The van der Waals surface area contributed by atoms with Crippen LogP contribution in [0.25, 0.3) is 0 Å². The molecule has 0 aromatic heterocycles. The topological polar surface area (TPSA) is 82.0 Å². The molecule has 1 fully saturated rings. The third-order valence-electron chi connectivity index (χ3n) is 4.16. The molecule has 1 aromatic rings. The van der Waals surface area contributed by atoms with Crippen molar-refractivity contribution in [3.63, 3.8) is 0 Å². The van der Waals surface area contributed by atoms with Crippen molar-refractivity contribution >= 4 is 5.91 Å². The minimum Gasteiger partial charge on any atom is -0.510 e. The van der Waals surface area contributed by atoms with Crippen molar-refractivity contribution in [1.82, 2.24) is 10.2 Å². The van der Waals surface area contributed by atoms with Crippen LogP contribution in [-0.4, -0.2) is 35.5 Å². The van der Waals surface area contributed by atoms with Gasteiger partial charge >= 0.3 is 0 Å². The Labute approximate surface area is 136 Å². The van der Waals surface area contributed by atoms with Crippen LogP contribution in [0.1, 0.15) is 25.3 Å². The smallest absolute Gasteiger partial charge is 0.277 e. The summed E-state index contributed by atoms with van der Waals surface area (Å²) < 4.78 is 0. The van der Waals surface area contributed by atoms with E-state index in [-0.39, 0.29) is 5.76 Å². The first-order chi connectivity index (χ1) is 11.1. The van der Waals surface area contributed by atoms with Crippen LogP contribution in [0, 0.1) is 10.8 Å². The summed E-state index contributed by atoms with van der Waals surface area (Å²) in [5, 5.41) is 14.5. The third kappa shape index (κ3) is 5.17. The van der Waals surface area contributed by atoms with Crippen molar-refractivity contribution in [2.45, 2.75) is 26.3 Å². The average Bonchev–Trinajstić information content (AvgIpc) is 2.55. The fourth-order valence-electron chi connectivity index (χ4n) is 2.78. The first-order valence-electron chi connectivity index (χ1n) is 7.88. The number of allylic oxidation sites excluding steroid dienone is 1. The van der Waals surface area contributed by atoms with Crippen LogP contribution in [0.3, 0.4) is 0 Å². The molecule has 0 aliphatic carbocycles. The van der Waals surface area contributed by atoms with Crippen molar-refractivity contribution in [3.8, 4) is 0 Å². The maximum absolute atomic E-state index is 11.7. The number of amides is 1. The van der Waals surface area contributed by atoms with Gasteiger partial charge in [-0.2, -0.15) is 0 Å². The van der Waals surface area contributed by atoms with E-state index < -0.39 is 11.6 Å². The van der Waals surface area contributed by atoms with E-state index in [0.29, 0.717) is 12.5 Å². The van der Waals surface area contributed by atoms with Crippen molar-refractivity contribution in [1.29, 1.82) is 0 Å². The Morgan fingerprint density at radius 1 is 1.30 bits per heavy atom. The minimum absolute atomic E-state index is 0.352. The number of carbonyl (C=O) groups is 1. The lowest BCUT2D eigenvalue weighted by Crippen LogP contribution is -2.38. The summed E-state index contributed by atoms with van der Waals surface area (Å²) in [6, 6.07) is 10.4. The molecule has 1 saturated heterocycles. The van der Waals surface area contributed by atoms with Crippen LogP contribution in [0.2, 0.25) is 0 Å². The van der Waals surface area contributed by atoms with Gasteiger partial charge < -0.3 is 10.4 Å². The van der Waals surface area contributed by atoms with Gasteiger partial charge in [0.05, 0.1) is 0 Å². The van der Waals surface area contributed by atoms with Crippen LogP contribution in [-0.2, 0) is 11.3 Å². The highest BCUT2D eigenvalue weighted by Crippen LogP contribution is 2.18. The Hall–Kier alpha value is -2.21. The summed E-state index contributed by atoms with van der Waals surface area (Å²) in [6.45, 7) is 4.71. The van der Waals surface area contributed by atoms with Crippen molar-refractivity contribution in [3.05, 3.63) is 52.3 Å². The molecule has 1 heterocycles. The van der Waals surface area contributed by atoms with Gasteiger partial charge in [0.2, 0.25) is 5.70 Å². The molecule has 1 aliphatic rings. The normalized spacial score (nSPS) is 17.4. The number of aliphatic hydroxyl groups is 1. The van der Waals surface area contributed by atoms with Gasteiger partial charge in [-0.1, -0.05) is 30.3 Å². The number of rotatable bonds is 6. The molecule has 2 rings (SSSR count). The summed E-state index contributed by atoms with van der Waals surface area (Å²) in [4.78, 5) is 24.7. The zero-order chi connectivity index (χ0) is 16.7. The SMILES string of the molecule is C/C(O)=C(/N=O)C(=O)NCC1CCN(Cc2ccccc2)CC1. The molecule has 0 unspecified atom stereocenters. The average molecular weight is 317 g/mol. The van der Waals surface area contributed by atoms with Crippen molar-refractivity contribution in [2.75, 3.05) is 19.6 Å². The van der Waals surface area contributed by atoms with E-state index in [2.05, 4.69) is 27.5 Å². The Morgan fingerprint density at radius 2 is 1.96 bits per heavy atom. The second kappa shape index (κ2) is 8.43. The molecule has 0 bridgehead atoms. The lowest BCUT2D eigenvalue weighted by Gasteiger charge is -2.32. The van der Waals surface area contributed by atoms with E-state index in [1.165, 1.54) is 12.5 Å². The number of nitroso groups, excluding NO2 is 1. The molecule has 0 saturated carbocycles. The molecule has 1 amide bonds. The van der Waals surface area contributed by atoms with Gasteiger partial charge in [0.25, 0.3) is 5.91 Å². The van der Waals surface area contributed by atoms with Crippen LogP contribution in [0.5, 0.6) is 0 Å². The zero-order valence-electron chi connectivity index (χ0n) is 13.4. The second-order valence-electron chi connectivity index (χ2n) is 5.94. The first kappa shape index (κ1) is 17.1. The predicted molar refractivity (Wildman–Crippen MR) is 88.6 cm³/mol. The van der Waals surface area contributed by atoms with Crippen LogP contribution in [0.4, 0.5) is 0 Å². The molecular weight excluding hydrogens is 294 g/mol.